The summed E-state index contributed by atoms with van der Waals surface area (Å²) < 4.78 is 19.1. The summed E-state index contributed by atoms with van der Waals surface area (Å²) in [6.07, 6.45) is 1.14. The third-order valence-corrected chi connectivity index (χ3v) is 5.55. The molecule has 1 amide bonds. The number of hydrogen-bond donors (Lipinski definition) is 2. The van der Waals surface area contributed by atoms with E-state index in [1.54, 1.807) is 30.2 Å². The molecule has 0 aromatic heterocycles. The zero-order valence-corrected chi connectivity index (χ0v) is 15.9. The average molecular weight is 384 g/mol. The molecule has 148 valence electrons. The van der Waals surface area contributed by atoms with Crippen LogP contribution in [0, 0.1) is 5.82 Å². The summed E-state index contributed by atoms with van der Waals surface area (Å²) in [6, 6.07) is 14.5. The molecule has 2 saturated heterocycles. The molecule has 2 aromatic carbocycles. The number of ether oxygens (including phenoxy) is 1. The molecule has 0 radical (unpaired) electrons. The number of hydrogen-bond acceptors (Lipinski definition) is 5. The van der Waals surface area contributed by atoms with E-state index in [4.69, 9.17) is 4.74 Å². The Hall–Kier alpha value is -2.48. The van der Waals surface area contributed by atoms with Crippen molar-refractivity contribution in [2.45, 2.75) is 18.6 Å². The van der Waals surface area contributed by atoms with E-state index in [-0.39, 0.29) is 23.7 Å². The van der Waals surface area contributed by atoms with Crippen LogP contribution in [-0.2, 0) is 0 Å². The van der Waals surface area contributed by atoms with Crippen LogP contribution in [0.4, 0.5) is 4.39 Å². The topological polar surface area (TPSA) is 56.8 Å². The lowest BCUT2D eigenvalue weighted by atomic mass is 10.0. The first kappa shape index (κ1) is 18.9. The molecule has 2 heterocycles. The minimum absolute atomic E-state index is 0.149. The monoisotopic (exact) mass is 384 g/mol. The highest BCUT2D eigenvalue weighted by Crippen LogP contribution is 2.26. The Balaban J connectivity index is 1.32. The van der Waals surface area contributed by atoms with Gasteiger partial charge in [0.2, 0.25) is 0 Å². The summed E-state index contributed by atoms with van der Waals surface area (Å²) in [5.41, 5.74) is 8.09. The lowest BCUT2D eigenvalue weighted by molar-refractivity contribution is 0.0541. The summed E-state index contributed by atoms with van der Waals surface area (Å²) in [5, 5.41) is 0. The van der Waals surface area contributed by atoms with Crippen LogP contribution in [0.2, 0.25) is 0 Å². The van der Waals surface area contributed by atoms with E-state index < -0.39 is 5.82 Å². The molecular formula is C21H25FN4O2. The van der Waals surface area contributed by atoms with Gasteiger partial charge in [-0.3, -0.25) is 9.69 Å². The molecule has 2 aliphatic rings. The smallest absolute Gasteiger partial charge is 0.256 e. The van der Waals surface area contributed by atoms with Crippen molar-refractivity contribution in [3.63, 3.8) is 0 Å². The minimum Gasteiger partial charge on any atom is -0.497 e. The maximum atomic E-state index is 13.9. The van der Waals surface area contributed by atoms with Crippen molar-refractivity contribution in [3.05, 3.63) is 65.5 Å². The minimum atomic E-state index is -0.459. The normalized spacial score (nSPS) is 23.0. The number of halogens is 1. The fourth-order valence-corrected chi connectivity index (χ4v) is 3.88. The standard InChI is InChI=1S/C21H25FN4O2/c1-28-16-8-6-15(7-9-16)19-14-20(24-23-19)25-10-12-26(13-11-25)21(27)17-4-2-3-5-18(17)22/h2-9,19-20,23-24H,10-14H2,1H3. The Bertz CT molecular complexity index is 821. The van der Waals surface area contributed by atoms with E-state index in [2.05, 4.69) is 27.9 Å². The van der Waals surface area contributed by atoms with Gasteiger partial charge in [0, 0.05) is 32.2 Å². The van der Waals surface area contributed by atoms with Gasteiger partial charge in [-0.1, -0.05) is 24.3 Å². The fourth-order valence-electron chi connectivity index (χ4n) is 3.88. The summed E-state index contributed by atoms with van der Waals surface area (Å²) in [6.45, 7) is 2.71. The zero-order valence-electron chi connectivity index (χ0n) is 15.9. The van der Waals surface area contributed by atoms with Crippen molar-refractivity contribution in [2.24, 2.45) is 0 Å². The van der Waals surface area contributed by atoms with Crippen molar-refractivity contribution >= 4 is 5.91 Å². The predicted molar refractivity (Wildman–Crippen MR) is 104 cm³/mol. The van der Waals surface area contributed by atoms with Crippen molar-refractivity contribution in [3.8, 4) is 5.75 Å². The summed E-state index contributed by atoms with van der Waals surface area (Å²) >= 11 is 0. The first-order chi connectivity index (χ1) is 13.7. The van der Waals surface area contributed by atoms with E-state index in [1.807, 2.05) is 12.1 Å². The van der Waals surface area contributed by atoms with Crippen molar-refractivity contribution in [1.82, 2.24) is 20.7 Å². The first-order valence-corrected chi connectivity index (χ1v) is 9.58. The van der Waals surface area contributed by atoms with Crippen LogP contribution in [0.3, 0.4) is 0 Å². The Labute approximate surface area is 164 Å². The highest BCUT2D eigenvalue weighted by Gasteiger charge is 2.32. The highest BCUT2D eigenvalue weighted by atomic mass is 19.1. The molecule has 7 heteroatoms. The Morgan fingerprint density at radius 1 is 1.04 bits per heavy atom. The van der Waals surface area contributed by atoms with Crippen LogP contribution in [0.1, 0.15) is 28.4 Å². The lowest BCUT2D eigenvalue weighted by Gasteiger charge is -2.37. The summed E-state index contributed by atoms with van der Waals surface area (Å²) in [7, 11) is 1.66. The van der Waals surface area contributed by atoms with Gasteiger partial charge in [0.25, 0.3) is 5.91 Å². The van der Waals surface area contributed by atoms with Gasteiger partial charge in [-0.05, 0) is 36.2 Å². The van der Waals surface area contributed by atoms with E-state index in [0.29, 0.717) is 13.1 Å². The molecule has 0 spiro atoms. The number of rotatable bonds is 4. The average Bonchev–Trinajstić information content (AvgIpc) is 3.24. The van der Waals surface area contributed by atoms with E-state index in [1.165, 1.54) is 11.6 Å². The van der Waals surface area contributed by atoms with Crippen LogP contribution in [0.15, 0.2) is 48.5 Å². The lowest BCUT2D eigenvalue weighted by Crippen LogP contribution is -2.55. The fraction of sp³-hybridized carbons (Fsp3) is 0.381. The van der Waals surface area contributed by atoms with Gasteiger partial charge in [0.05, 0.1) is 18.8 Å². The molecule has 6 nitrogen and oxygen atoms in total. The number of amides is 1. The maximum absolute atomic E-state index is 13.9. The second kappa shape index (κ2) is 8.26. The van der Waals surface area contributed by atoms with Crippen LogP contribution in [0.5, 0.6) is 5.75 Å². The number of nitrogens with zero attached hydrogens (tertiary/aromatic N) is 2. The van der Waals surface area contributed by atoms with Gasteiger partial charge in [0.15, 0.2) is 0 Å². The van der Waals surface area contributed by atoms with Crippen molar-refractivity contribution < 1.29 is 13.9 Å². The molecule has 0 saturated carbocycles. The second-order valence-electron chi connectivity index (χ2n) is 7.17. The van der Waals surface area contributed by atoms with Crippen LogP contribution in [-0.4, -0.2) is 55.2 Å². The second-order valence-corrected chi connectivity index (χ2v) is 7.17. The molecule has 2 fully saturated rings. The molecule has 2 atom stereocenters. The van der Waals surface area contributed by atoms with Crippen molar-refractivity contribution in [2.75, 3.05) is 33.3 Å². The van der Waals surface area contributed by atoms with Crippen LogP contribution < -0.4 is 15.6 Å². The number of methoxy groups -OCH3 is 1. The Morgan fingerprint density at radius 3 is 2.43 bits per heavy atom. The van der Waals surface area contributed by atoms with Gasteiger partial charge in [-0.25, -0.2) is 15.2 Å². The maximum Gasteiger partial charge on any atom is 0.256 e. The number of benzene rings is 2. The highest BCUT2D eigenvalue weighted by molar-refractivity contribution is 5.94. The van der Waals surface area contributed by atoms with Gasteiger partial charge >= 0.3 is 0 Å². The molecule has 2 aliphatic heterocycles. The number of carbonyl (C=O) groups excluding carboxylic acids is 1. The van der Waals surface area contributed by atoms with E-state index in [9.17, 15) is 9.18 Å². The van der Waals surface area contributed by atoms with Gasteiger partial charge < -0.3 is 9.64 Å². The van der Waals surface area contributed by atoms with Crippen molar-refractivity contribution in [1.29, 1.82) is 0 Å². The summed E-state index contributed by atoms with van der Waals surface area (Å²) in [4.78, 5) is 16.6. The van der Waals surface area contributed by atoms with Crippen LogP contribution >= 0.6 is 0 Å². The molecule has 28 heavy (non-hydrogen) atoms. The van der Waals surface area contributed by atoms with Gasteiger partial charge in [-0.2, -0.15) is 0 Å². The molecule has 2 aromatic rings. The van der Waals surface area contributed by atoms with Gasteiger partial charge in [-0.15, -0.1) is 0 Å². The largest absolute Gasteiger partial charge is 0.497 e. The zero-order chi connectivity index (χ0) is 19.5. The Kier molecular flexibility index (Phi) is 5.57. The number of piperazine rings is 1. The molecular weight excluding hydrogens is 359 g/mol. The quantitative estimate of drug-likeness (QED) is 0.846. The number of nitrogens with one attached hydrogen (secondary N) is 2. The van der Waals surface area contributed by atoms with Crippen LogP contribution in [0.25, 0.3) is 0 Å². The number of carbonyl (C=O) groups is 1. The predicted octanol–water partition coefficient (Wildman–Crippen LogP) is 2.16. The van der Waals surface area contributed by atoms with E-state index >= 15 is 0 Å². The first-order valence-electron chi connectivity index (χ1n) is 9.58. The molecule has 4 rings (SSSR count). The molecule has 2 N–H and O–H groups in total. The van der Waals surface area contributed by atoms with E-state index in [0.717, 1.165) is 25.3 Å². The van der Waals surface area contributed by atoms with Gasteiger partial charge in [0.1, 0.15) is 11.6 Å². The summed E-state index contributed by atoms with van der Waals surface area (Å²) in [5.74, 6) is 0.159. The third-order valence-electron chi connectivity index (χ3n) is 5.55. The molecule has 0 bridgehead atoms. The Morgan fingerprint density at radius 2 is 1.75 bits per heavy atom. The SMILES string of the molecule is COc1ccc(C2CC(N3CCN(C(=O)c4ccccc4F)CC3)NN2)cc1. The third kappa shape index (κ3) is 3.87. The molecule has 2 unspecified atom stereocenters. The molecule has 0 aliphatic carbocycles. The number of hydrazine groups is 1.